The lowest BCUT2D eigenvalue weighted by Crippen LogP contribution is -2.37. The lowest BCUT2D eigenvalue weighted by molar-refractivity contribution is 0.179. The molecule has 0 aliphatic carbocycles. The zero-order valence-electron chi connectivity index (χ0n) is 12.3. The van der Waals surface area contributed by atoms with E-state index < -0.39 is 0 Å². The summed E-state index contributed by atoms with van der Waals surface area (Å²) in [6.45, 7) is 2.33. The van der Waals surface area contributed by atoms with Crippen LogP contribution in [0.15, 0.2) is 42.5 Å². The Balaban J connectivity index is 1.56. The van der Waals surface area contributed by atoms with Crippen LogP contribution in [0.5, 0.6) is 0 Å². The normalized spacial score (nSPS) is 20.1. The molecule has 3 rings (SSSR count). The van der Waals surface area contributed by atoms with E-state index >= 15 is 0 Å². The highest BCUT2D eigenvalue weighted by molar-refractivity contribution is 5.85. The Morgan fingerprint density at radius 3 is 2.80 bits per heavy atom. The van der Waals surface area contributed by atoms with E-state index in [0.29, 0.717) is 0 Å². The van der Waals surface area contributed by atoms with Crippen molar-refractivity contribution in [1.82, 2.24) is 4.90 Å². The van der Waals surface area contributed by atoms with Crippen molar-refractivity contribution in [1.29, 1.82) is 0 Å². The van der Waals surface area contributed by atoms with Gasteiger partial charge in [0, 0.05) is 18.3 Å². The standard InChI is InChI=1S/C18H24N2/c1-20-13-5-4-8-18(20)11-12-19-17-10-9-15-6-2-3-7-16(15)14-17/h2-3,6-7,9-10,14,18-19H,4-5,8,11-13H2,1H3. The summed E-state index contributed by atoms with van der Waals surface area (Å²) in [5, 5.41) is 6.20. The van der Waals surface area contributed by atoms with Crippen LogP contribution in [0.4, 0.5) is 5.69 Å². The summed E-state index contributed by atoms with van der Waals surface area (Å²) in [5.74, 6) is 0. The van der Waals surface area contributed by atoms with Crippen molar-refractivity contribution in [2.45, 2.75) is 31.7 Å². The first-order valence-corrected chi connectivity index (χ1v) is 7.76. The Labute approximate surface area is 121 Å². The van der Waals surface area contributed by atoms with E-state index in [1.807, 2.05) is 0 Å². The van der Waals surface area contributed by atoms with Gasteiger partial charge in [-0.25, -0.2) is 0 Å². The second-order valence-corrected chi connectivity index (χ2v) is 5.91. The third-order valence-corrected chi connectivity index (χ3v) is 4.48. The van der Waals surface area contributed by atoms with Crippen LogP contribution < -0.4 is 5.32 Å². The zero-order chi connectivity index (χ0) is 13.8. The van der Waals surface area contributed by atoms with E-state index in [-0.39, 0.29) is 0 Å². The number of likely N-dealkylation sites (tertiary alicyclic amines) is 1. The summed E-state index contributed by atoms with van der Waals surface area (Å²) in [5.41, 5.74) is 1.24. The third-order valence-electron chi connectivity index (χ3n) is 4.48. The van der Waals surface area contributed by atoms with Gasteiger partial charge in [0.25, 0.3) is 0 Å². The smallest absolute Gasteiger partial charge is 0.0346 e. The van der Waals surface area contributed by atoms with Crippen molar-refractivity contribution in [3.63, 3.8) is 0 Å². The second kappa shape index (κ2) is 6.27. The fraction of sp³-hybridized carbons (Fsp3) is 0.444. The molecule has 1 unspecified atom stereocenters. The summed E-state index contributed by atoms with van der Waals surface area (Å²) in [7, 11) is 2.26. The largest absolute Gasteiger partial charge is 0.385 e. The third kappa shape index (κ3) is 3.13. The topological polar surface area (TPSA) is 15.3 Å². The fourth-order valence-electron chi connectivity index (χ4n) is 3.19. The minimum atomic E-state index is 0.761. The number of anilines is 1. The van der Waals surface area contributed by atoms with Gasteiger partial charge >= 0.3 is 0 Å². The maximum absolute atomic E-state index is 3.58. The minimum absolute atomic E-state index is 0.761. The van der Waals surface area contributed by atoms with Crippen LogP contribution in [0.25, 0.3) is 10.8 Å². The number of hydrogen-bond acceptors (Lipinski definition) is 2. The number of fused-ring (bicyclic) bond motifs is 1. The average Bonchev–Trinajstić information content (AvgIpc) is 2.49. The van der Waals surface area contributed by atoms with Crippen molar-refractivity contribution in [3.05, 3.63) is 42.5 Å². The van der Waals surface area contributed by atoms with Gasteiger partial charge in [0.15, 0.2) is 0 Å². The molecule has 0 saturated carbocycles. The van der Waals surface area contributed by atoms with Crippen LogP contribution >= 0.6 is 0 Å². The highest BCUT2D eigenvalue weighted by atomic mass is 15.1. The summed E-state index contributed by atoms with van der Waals surface area (Å²) < 4.78 is 0. The second-order valence-electron chi connectivity index (χ2n) is 5.91. The van der Waals surface area contributed by atoms with E-state index in [1.165, 1.54) is 48.7 Å². The van der Waals surface area contributed by atoms with Crippen molar-refractivity contribution >= 4 is 16.5 Å². The molecule has 0 radical (unpaired) electrons. The van der Waals surface area contributed by atoms with Crippen molar-refractivity contribution in [2.24, 2.45) is 0 Å². The summed E-state index contributed by atoms with van der Waals surface area (Å²) in [4.78, 5) is 2.52. The number of nitrogens with zero attached hydrogens (tertiary/aromatic N) is 1. The molecule has 1 saturated heterocycles. The van der Waals surface area contributed by atoms with Gasteiger partial charge in [-0.3, -0.25) is 0 Å². The predicted octanol–water partition coefficient (Wildman–Crippen LogP) is 4.13. The molecule has 106 valence electrons. The molecule has 2 aromatic carbocycles. The molecule has 1 atom stereocenters. The number of nitrogens with one attached hydrogen (secondary N) is 1. The van der Waals surface area contributed by atoms with E-state index in [4.69, 9.17) is 0 Å². The Kier molecular flexibility index (Phi) is 4.22. The zero-order valence-corrected chi connectivity index (χ0v) is 12.3. The molecule has 20 heavy (non-hydrogen) atoms. The minimum Gasteiger partial charge on any atom is -0.385 e. The quantitative estimate of drug-likeness (QED) is 0.897. The van der Waals surface area contributed by atoms with Gasteiger partial charge in [-0.15, -0.1) is 0 Å². The molecule has 2 nitrogen and oxygen atoms in total. The first-order chi connectivity index (χ1) is 9.83. The molecule has 1 aliphatic rings. The van der Waals surface area contributed by atoms with Gasteiger partial charge in [-0.05, 0) is 55.8 Å². The molecule has 0 bridgehead atoms. The van der Waals surface area contributed by atoms with Crippen molar-refractivity contribution in [2.75, 3.05) is 25.5 Å². The molecule has 0 amide bonds. The van der Waals surface area contributed by atoms with Gasteiger partial charge in [-0.2, -0.15) is 0 Å². The lowest BCUT2D eigenvalue weighted by Gasteiger charge is -2.32. The highest BCUT2D eigenvalue weighted by Gasteiger charge is 2.17. The molecular formula is C18H24N2. The Morgan fingerprint density at radius 1 is 1.10 bits per heavy atom. The van der Waals surface area contributed by atoms with Gasteiger partial charge in [0.1, 0.15) is 0 Å². The maximum atomic E-state index is 3.58. The number of benzene rings is 2. The van der Waals surface area contributed by atoms with E-state index in [9.17, 15) is 0 Å². The molecule has 2 heteroatoms. The van der Waals surface area contributed by atoms with Crippen molar-refractivity contribution < 1.29 is 0 Å². The van der Waals surface area contributed by atoms with Crippen LogP contribution in [0.3, 0.4) is 0 Å². The Hall–Kier alpha value is -1.54. The van der Waals surface area contributed by atoms with E-state index in [0.717, 1.165) is 12.6 Å². The van der Waals surface area contributed by atoms with Crippen LogP contribution in [-0.2, 0) is 0 Å². The molecule has 1 heterocycles. The molecule has 2 aromatic rings. The van der Waals surface area contributed by atoms with Crippen LogP contribution in [0.2, 0.25) is 0 Å². The Morgan fingerprint density at radius 2 is 1.95 bits per heavy atom. The molecule has 0 aromatic heterocycles. The molecule has 1 N–H and O–H groups in total. The SMILES string of the molecule is CN1CCCCC1CCNc1ccc2ccccc2c1. The first kappa shape index (κ1) is 13.4. The maximum Gasteiger partial charge on any atom is 0.0346 e. The summed E-state index contributed by atoms with van der Waals surface area (Å²) in [6, 6.07) is 15.9. The number of rotatable bonds is 4. The van der Waals surface area contributed by atoms with Gasteiger partial charge < -0.3 is 10.2 Å². The molecule has 1 fully saturated rings. The van der Waals surface area contributed by atoms with Gasteiger partial charge in [-0.1, -0.05) is 36.8 Å². The van der Waals surface area contributed by atoms with Crippen molar-refractivity contribution in [3.8, 4) is 0 Å². The summed E-state index contributed by atoms with van der Waals surface area (Å²) >= 11 is 0. The van der Waals surface area contributed by atoms with Crippen LogP contribution in [0.1, 0.15) is 25.7 Å². The number of piperidine rings is 1. The van der Waals surface area contributed by atoms with Crippen LogP contribution in [-0.4, -0.2) is 31.1 Å². The molecule has 0 spiro atoms. The Bertz CT molecular complexity index is 564. The van der Waals surface area contributed by atoms with Gasteiger partial charge in [0.2, 0.25) is 0 Å². The predicted molar refractivity (Wildman–Crippen MR) is 87.3 cm³/mol. The number of hydrogen-bond donors (Lipinski definition) is 1. The average molecular weight is 268 g/mol. The fourth-order valence-corrected chi connectivity index (χ4v) is 3.19. The van der Waals surface area contributed by atoms with E-state index in [1.54, 1.807) is 0 Å². The first-order valence-electron chi connectivity index (χ1n) is 7.76. The lowest BCUT2D eigenvalue weighted by atomic mass is 10.00. The monoisotopic (exact) mass is 268 g/mol. The van der Waals surface area contributed by atoms with E-state index in [2.05, 4.69) is 59.7 Å². The van der Waals surface area contributed by atoms with Gasteiger partial charge in [0.05, 0.1) is 0 Å². The molecule has 1 aliphatic heterocycles. The molecular weight excluding hydrogens is 244 g/mol. The summed E-state index contributed by atoms with van der Waals surface area (Å²) in [6.07, 6.45) is 5.36. The van der Waals surface area contributed by atoms with Crippen LogP contribution in [0, 0.1) is 0 Å². The highest BCUT2D eigenvalue weighted by Crippen LogP contribution is 2.20.